The summed E-state index contributed by atoms with van der Waals surface area (Å²) >= 11 is 0. The molecule has 0 spiro atoms. The van der Waals surface area contributed by atoms with Crippen LogP contribution in [0.25, 0.3) is 0 Å². The lowest BCUT2D eigenvalue weighted by Gasteiger charge is -2.32. The highest BCUT2D eigenvalue weighted by Crippen LogP contribution is 2.27. The van der Waals surface area contributed by atoms with Crippen LogP contribution < -0.4 is 5.19 Å². The van der Waals surface area contributed by atoms with Crippen molar-refractivity contribution in [3.8, 4) is 0 Å². The van der Waals surface area contributed by atoms with Crippen molar-refractivity contribution in [2.24, 2.45) is 5.92 Å². The summed E-state index contributed by atoms with van der Waals surface area (Å²) in [5, 5.41) is 12.4. The fourth-order valence-electron chi connectivity index (χ4n) is 3.56. The number of allylic oxidation sites excluding steroid dienone is 2. The minimum Gasteiger partial charge on any atom is -0.389 e. The van der Waals surface area contributed by atoms with Crippen LogP contribution in [0, 0.1) is 5.92 Å². The standard InChI is InChI=1S/C23H28O2Si/c1-26(2,21-14-7-4-8-15-21)18-20-13-9-10-16-22(23(20)24)25-17-19-11-5-3-6-12-19/h3-16,20,22-24H,17-18H2,1-2H3/t20-,22+,23-/m0/s1. The molecule has 0 bridgehead atoms. The Morgan fingerprint density at radius 2 is 1.50 bits per heavy atom. The summed E-state index contributed by atoms with van der Waals surface area (Å²) < 4.78 is 6.05. The Morgan fingerprint density at radius 1 is 0.885 bits per heavy atom. The van der Waals surface area contributed by atoms with Gasteiger partial charge in [0.2, 0.25) is 0 Å². The third kappa shape index (κ3) is 4.82. The lowest BCUT2D eigenvalue weighted by molar-refractivity contribution is -0.0325. The first-order chi connectivity index (χ1) is 12.6. The molecule has 2 nitrogen and oxygen atoms in total. The van der Waals surface area contributed by atoms with E-state index in [1.54, 1.807) is 0 Å². The first-order valence-corrected chi connectivity index (χ1v) is 12.5. The molecule has 0 amide bonds. The number of hydrogen-bond acceptors (Lipinski definition) is 2. The van der Waals surface area contributed by atoms with E-state index >= 15 is 0 Å². The summed E-state index contributed by atoms with van der Waals surface area (Å²) in [7, 11) is -1.64. The van der Waals surface area contributed by atoms with Crippen LogP contribution in [0.5, 0.6) is 0 Å². The molecule has 3 heteroatoms. The minimum atomic E-state index is -1.64. The Labute approximate surface area is 157 Å². The largest absolute Gasteiger partial charge is 0.389 e. The van der Waals surface area contributed by atoms with Crippen LogP contribution in [-0.4, -0.2) is 25.4 Å². The Bertz CT molecular complexity index is 737. The quantitative estimate of drug-likeness (QED) is 0.775. The summed E-state index contributed by atoms with van der Waals surface area (Å²) in [5.74, 6) is 0.104. The molecule has 0 heterocycles. The van der Waals surface area contributed by atoms with E-state index in [1.807, 2.05) is 42.5 Å². The van der Waals surface area contributed by atoms with E-state index in [9.17, 15) is 5.11 Å². The molecule has 0 unspecified atom stereocenters. The van der Waals surface area contributed by atoms with Gasteiger partial charge in [-0.25, -0.2) is 0 Å². The van der Waals surface area contributed by atoms with Gasteiger partial charge in [0.05, 0.1) is 20.8 Å². The van der Waals surface area contributed by atoms with Gasteiger partial charge in [0.15, 0.2) is 0 Å². The maximum Gasteiger partial charge on any atom is 0.103 e. The van der Waals surface area contributed by atoms with Gasteiger partial charge in [-0.3, -0.25) is 0 Å². The van der Waals surface area contributed by atoms with Gasteiger partial charge in [-0.2, -0.15) is 0 Å². The Balaban J connectivity index is 1.68. The highest BCUT2D eigenvalue weighted by molar-refractivity contribution is 6.89. The van der Waals surface area contributed by atoms with E-state index in [0.717, 1.165) is 11.6 Å². The van der Waals surface area contributed by atoms with Crippen LogP contribution in [0.2, 0.25) is 19.1 Å². The van der Waals surface area contributed by atoms with E-state index in [-0.39, 0.29) is 12.0 Å². The molecular formula is C23H28O2Si. The molecule has 3 atom stereocenters. The Morgan fingerprint density at radius 3 is 2.19 bits per heavy atom. The van der Waals surface area contributed by atoms with E-state index in [2.05, 4.69) is 55.6 Å². The fourth-order valence-corrected chi connectivity index (χ4v) is 6.44. The molecule has 0 aromatic heterocycles. The van der Waals surface area contributed by atoms with Crippen LogP contribution in [0.3, 0.4) is 0 Å². The molecule has 0 saturated carbocycles. The molecule has 0 aliphatic heterocycles. The Kier molecular flexibility index (Phi) is 6.25. The van der Waals surface area contributed by atoms with Gasteiger partial charge in [0.1, 0.15) is 6.10 Å². The number of hydrogen-bond donors (Lipinski definition) is 1. The average Bonchev–Trinajstić information content (AvgIpc) is 2.83. The molecule has 2 aromatic carbocycles. The van der Waals surface area contributed by atoms with Crippen LogP contribution in [0.1, 0.15) is 5.56 Å². The predicted octanol–water partition coefficient (Wildman–Crippen LogP) is 4.29. The molecular weight excluding hydrogens is 336 g/mol. The first-order valence-electron chi connectivity index (χ1n) is 9.30. The topological polar surface area (TPSA) is 29.5 Å². The maximum absolute atomic E-state index is 11.0. The third-order valence-corrected chi connectivity index (χ3v) is 8.52. The van der Waals surface area contributed by atoms with Crippen molar-refractivity contribution in [1.82, 2.24) is 0 Å². The smallest absolute Gasteiger partial charge is 0.103 e. The van der Waals surface area contributed by atoms with Gasteiger partial charge in [-0.05, 0) is 11.6 Å². The van der Waals surface area contributed by atoms with E-state index < -0.39 is 14.2 Å². The van der Waals surface area contributed by atoms with Crippen molar-refractivity contribution in [3.63, 3.8) is 0 Å². The normalized spacial score (nSPS) is 23.0. The maximum atomic E-state index is 11.0. The zero-order valence-electron chi connectivity index (χ0n) is 15.6. The second-order valence-corrected chi connectivity index (χ2v) is 12.4. The average molecular weight is 365 g/mol. The lowest BCUT2D eigenvalue weighted by Crippen LogP contribution is -2.45. The second kappa shape index (κ2) is 8.63. The van der Waals surface area contributed by atoms with Gasteiger partial charge >= 0.3 is 0 Å². The third-order valence-electron chi connectivity index (χ3n) is 5.13. The summed E-state index contributed by atoms with van der Waals surface area (Å²) in [6.07, 6.45) is 7.36. The molecule has 26 heavy (non-hydrogen) atoms. The Hall–Kier alpha value is -1.94. The molecule has 2 aromatic rings. The van der Waals surface area contributed by atoms with E-state index in [1.165, 1.54) is 5.19 Å². The summed E-state index contributed by atoms with van der Waals surface area (Å²) in [6, 6.07) is 21.8. The number of ether oxygens (including phenoxy) is 1. The van der Waals surface area contributed by atoms with Crippen molar-refractivity contribution in [2.75, 3.05) is 0 Å². The molecule has 0 saturated heterocycles. The summed E-state index contributed by atoms with van der Waals surface area (Å²) in [5.41, 5.74) is 1.13. The summed E-state index contributed by atoms with van der Waals surface area (Å²) in [6.45, 7) is 5.27. The van der Waals surface area contributed by atoms with Crippen LogP contribution in [0.15, 0.2) is 85.0 Å². The van der Waals surface area contributed by atoms with E-state index in [0.29, 0.717) is 6.61 Å². The zero-order chi connectivity index (χ0) is 18.4. The van der Waals surface area contributed by atoms with Crippen molar-refractivity contribution >= 4 is 13.3 Å². The SMILES string of the molecule is C[Si](C)(C[C@@H]1C=CC=C[C@@H](OCc2ccccc2)[C@H]1O)c1ccccc1. The molecule has 136 valence electrons. The van der Waals surface area contributed by atoms with Crippen molar-refractivity contribution in [2.45, 2.75) is 38.0 Å². The molecule has 1 N–H and O–H groups in total. The number of rotatable bonds is 6. The van der Waals surface area contributed by atoms with Gasteiger partial charge in [0, 0.05) is 5.92 Å². The summed E-state index contributed by atoms with van der Waals surface area (Å²) in [4.78, 5) is 0. The minimum absolute atomic E-state index is 0.104. The van der Waals surface area contributed by atoms with Crippen molar-refractivity contribution in [3.05, 3.63) is 90.5 Å². The number of aliphatic hydroxyl groups is 1. The van der Waals surface area contributed by atoms with Crippen molar-refractivity contribution in [1.29, 1.82) is 0 Å². The van der Waals surface area contributed by atoms with Gasteiger partial charge in [-0.1, -0.05) is 103 Å². The predicted molar refractivity (Wildman–Crippen MR) is 111 cm³/mol. The zero-order valence-corrected chi connectivity index (χ0v) is 16.6. The van der Waals surface area contributed by atoms with Crippen LogP contribution in [0.4, 0.5) is 0 Å². The van der Waals surface area contributed by atoms with Crippen LogP contribution in [-0.2, 0) is 11.3 Å². The lowest BCUT2D eigenvalue weighted by atomic mass is 10.0. The van der Waals surface area contributed by atoms with Crippen LogP contribution >= 0.6 is 0 Å². The highest BCUT2D eigenvalue weighted by atomic mass is 28.3. The molecule has 1 aliphatic carbocycles. The fraction of sp³-hybridized carbons (Fsp3) is 0.304. The second-order valence-electron chi connectivity index (χ2n) is 7.64. The van der Waals surface area contributed by atoms with Gasteiger partial charge < -0.3 is 9.84 Å². The first kappa shape index (κ1) is 18.8. The molecule has 0 radical (unpaired) electrons. The van der Waals surface area contributed by atoms with Crippen molar-refractivity contribution < 1.29 is 9.84 Å². The van der Waals surface area contributed by atoms with Gasteiger partial charge in [-0.15, -0.1) is 0 Å². The highest BCUT2D eigenvalue weighted by Gasteiger charge is 2.33. The number of aliphatic hydroxyl groups excluding tert-OH is 1. The monoisotopic (exact) mass is 364 g/mol. The van der Waals surface area contributed by atoms with Gasteiger partial charge in [0.25, 0.3) is 0 Å². The molecule has 3 rings (SSSR count). The molecule has 0 fully saturated rings. The molecule has 1 aliphatic rings. The number of benzene rings is 2. The van der Waals surface area contributed by atoms with E-state index in [4.69, 9.17) is 4.74 Å².